The Balaban J connectivity index is 3.84. The highest BCUT2D eigenvalue weighted by Crippen LogP contribution is 2.07. The van der Waals surface area contributed by atoms with Gasteiger partial charge in [0, 0.05) is 39.6 Å². The molecule has 0 heterocycles. The number of ether oxygens (including phenoxy) is 2. The molecule has 0 aromatic carbocycles. The second kappa shape index (κ2) is 10.5. The van der Waals surface area contributed by atoms with Crippen molar-refractivity contribution in [2.24, 2.45) is 0 Å². The van der Waals surface area contributed by atoms with Crippen LogP contribution in [0.1, 0.15) is 46.5 Å². The first-order chi connectivity index (χ1) is 8.19. The third-order valence-corrected chi connectivity index (χ3v) is 2.77. The van der Waals surface area contributed by atoms with Crippen LogP contribution in [0, 0.1) is 0 Å². The molecule has 1 amide bonds. The summed E-state index contributed by atoms with van der Waals surface area (Å²) in [6.07, 6.45) is 3.02. The Morgan fingerprint density at radius 1 is 1.24 bits per heavy atom. The van der Waals surface area contributed by atoms with Crippen LogP contribution < -0.4 is 0 Å². The van der Waals surface area contributed by atoms with Gasteiger partial charge in [-0.2, -0.15) is 0 Å². The van der Waals surface area contributed by atoms with Crippen LogP contribution in [-0.4, -0.2) is 43.9 Å². The Bertz CT molecular complexity index is 193. The fourth-order valence-electron chi connectivity index (χ4n) is 1.60. The van der Waals surface area contributed by atoms with E-state index in [1.807, 2.05) is 18.7 Å². The predicted octanol–water partition coefficient (Wildman–Crippen LogP) is 2.42. The first-order valence-electron chi connectivity index (χ1n) is 6.61. The van der Waals surface area contributed by atoms with E-state index in [9.17, 15) is 4.79 Å². The smallest absolute Gasteiger partial charge is 0.222 e. The SMILES string of the molecule is CCCCOC(CCC(=O)N(CC)CC)OC. The molecule has 0 N–H and O–H groups in total. The van der Waals surface area contributed by atoms with Crippen LogP contribution >= 0.6 is 0 Å². The fourth-order valence-corrected chi connectivity index (χ4v) is 1.60. The van der Waals surface area contributed by atoms with Gasteiger partial charge in [0.25, 0.3) is 0 Å². The van der Waals surface area contributed by atoms with E-state index in [4.69, 9.17) is 9.47 Å². The van der Waals surface area contributed by atoms with E-state index in [1.54, 1.807) is 7.11 Å². The number of carbonyl (C=O) groups is 1. The van der Waals surface area contributed by atoms with E-state index in [0.717, 1.165) is 25.9 Å². The van der Waals surface area contributed by atoms with Gasteiger partial charge < -0.3 is 14.4 Å². The monoisotopic (exact) mass is 245 g/mol. The van der Waals surface area contributed by atoms with Crippen molar-refractivity contribution in [3.63, 3.8) is 0 Å². The van der Waals surface area contributed by atoms with Gasteiger partial charge in [-0.05, 0) is 20.3 Å². The summed E-state index contributed by atoms with van der Waals surface area (Å²) in [4.78, 5) is 13.6. The van der Waals surface area contributed by atoms with E-state index >= 15 is 0 Å². The molecule has 0 aromatic rings. The molecule has 0 rings (SSSR count). The minimum Gasteiger partial charge on any atom is -0.356 e. The molecule has 0 aliphatic heterocycles. The summed E-state index contributed by atoms with van der Waals surface area (Å²) in [7, 11) is 1.62. The molecule has 0 saturated carbocycles. The fraction of sp³-hybridized carbons (Fsp3) is 0.923. The van der Waals surface area contributed by atoms with Gasteiger partial charge in [-0.1, -0.05) is 13.3 Å². The van der Waals surface area contributed by atoms with Crippen LogP contribution in [0.5, 0.6) is 0 Å². The van der Waals surface area contributed by atoms with Gasteiger partial charge in [0.1, 0.15) is 0 Å². The van der Waals surface area contributed by atoms with Crippen molar-refractivity contribution < 1.29 is 14.3 Å². The van der Waals surface area contributed by atoms with Crippen molar-refractivity contribution in [1.82, 2.24) is 4.90 Å². The highest BCUT2D eigenvalue weighted by atomic mass is 16.7. The molecule has 0 fully saturated rings. The topological polar surface area (TPSA) is 38.8 Å². The Hall–Kier alpha value is -0.610. The summed E-state index contributed by atoms with van der Waals surface area (Å²) in [6.45, 7) is 8.34. The number of nitrogens with zero attached hydrogens (tertiary/aromatic N) is 1. The molecular weight excluding hydrogens is 218 g/mol. The minimum absolute atomic E-state index is 0.177. The highest BCUT2D eigenvalue weighted by molar-refractivity contribution is 5.76. The second-order valence-electron chi connectivity index (χ2n) is 3.99. The molecule has 0 aliphatic rings. The lowest BCUT2D eigenvalue weighted by Gasteiger charge is -2.20. The lowest BCUT2D eigenvalue weighted by Crippen LogP contribution is -2.31. The molecule has 0 spiro atoms. The Kier molecular flexibility index (Phi) is 10.2. The van der Waals surface area contributed by atoms with Crippen molar-refractivity contribution in [2.75, 3.05) is 26.8 Å². The molecule has 0 aromatic heterocycles. The lowest BCUT2D eigenvalue weighted by molar-refractivity contribution is -0.142. The molecular formula is C13H27NO3. The quantitative estimate of drug-likeness (QED) is 0.438. The maximum absolute atomic E-state index is 11.8. The maximum atomic E-state index is 11.8. The van der Waals surface area contributed by atoms with Gasteiger partial charge in [0.2, 0.25) is 5.91 Å². The van der Waals surface area contributed by atoms with E-state index in [0.29, 0.717) is 19.4 Å². The number of unbranched alkanes of at least 4 members (excludes halogenated alkanes) is 1. The number of hydrogen-bond acceptors (Lipinski definition) is 3. The van der Waals surface area contributed by atoms with Crippen LogP contribution in [0.15, 0.2) is 0 Å². The van der Waals surface area contributed by atoms with Gasteiger partial charge in [-0.25, -0.2) is 0 Å². The van der Waals surface area contributed by atoms with Crippen LogP contribution in [0.4, 0.5) is 0 Å². The van der Waals surface area contributed by atoms with Crippen molar-refractivity contribution in [2.45, 2.75) is 52.7 Å². The number of carbonyl (C=O) groups excluding carboxylic acids is 1. The number of hydrogen-bond donors (Lipinski definition) is 0. The van der Waals surface area contributed by atoms with Gasteiger partial charge in [-0.3, -0.25) is 4.79 Å². The third-order valence-electron chi connectivity index (χ3n) is 2.77. The van der Waals surface area contributed by atoms with Crippen molar-refractivity contribution in [1.29, 1.82) is 0 Å². The number of methoxy groups -OCH3 is 1. The molecule has 17 heavy (non-hydrogen) atoms. The molecule has 0 aliphatic carbocycles. The number of rotatable bonds is 10. The zero-order valence-corrected chi connectivity index (χ0v) is 11.7. The Morgan fingerprint density at radius 3 is 2.35 bits per heavy atom. The average molecular weight is 245 g/mol. The second-order valence-corrected chi connectivity index (χ2v) is 3.99. The van der Waals surface area contributed by atoms with Gasteiger partial charge in [-0.15, -0.1) is 0 Å². The van der Waals surface area contributed by atoms with Crippen LogP contribution in [0.3, 0.4) is 0 Å². The zero-order valence-electron chi connectivity index (χ0n) is 11.7. The molecule has 0 bridgehead atoms. The van der Waals surface area contributed by atoms with Crippen molar-refractivity contribution >= 4 is 5.91 Å². The highest BCUT2D eigenvalue weighted by Gasteiger charge is 2.14. The summed E-state index contributed by atoms with van der Waals surface area (Å²) < 4.78 is 10.7. The van der Waals surface area contributed by atoms with Crippen molar-refractivity contribution in [3.8, 4) is 0 Å². The first kappa shape index (κ1) is 16.4. The summed E-state index contributed by atoms with van der Waals surface area (Å²) >= 11 is 0. The third kappa shape index (κ3) is 7.34. The van der Waals surface area contributed by atoms with Crippen LogP contribution in [0.25, 0.3) is 0 Å². The van der Waals surface area contributed by atoms with Crippen LogP contribution in [0.2, 0.25) is 0 Å². The predicted molar refractivity (Wildman–Crippen MR) is 68.8 cm³/mol. The summed E-state index contributed by atoms with van der Waals surface area (Å²) in [5.74, 6) is 0.177. The Labute approximate surface area is 105 Å². The normalized spacial score (nSPS) is 12.5. The minimum atomic E-state index is -0.249. The van der Waals surface area contributed by atoms with Crippen LogP contribution in [-0.2, 0) is 14.3 Å². The van der Waals surface area contributed by atoms with E-state index in [2.05, 4.69) is 6.92 Å². The van der Waals surface area contributed by atoms with Gasteiger partial charge in [0.15, 0.2) is 6.29 Å². The summed E-state index contributed by atoms with van der Waals surface area (Å²) in [5, 5.41) is 0. The molecule has 4 nitrogen and oxygen atoms in total. The van der Waals surface area contributed by atoms with Gasteiger partial charge in [0.05, 0.1) is 0 Å². The molecule has 1 unspecified atom stereocenters. The average Bonchev–Trinajstić information content (AvgIpc) is 2.35. The molecule has 4 heteroatoms. The lowest BCUT2D eigenvalue weighted by atomic mass is 10.2. The maximum Gasteiger partial charge on any atom is 0.222 e. The van der Waals surface area contributed by atoms with Crippen molar-refractivity contribution in [3.05, 3.63) is 0 Å². The van der Waals surface area contributed by atoms with E-state index in [-0.39, 0.29) is 12.2 Å². The summed E-state index contributed by atoms with van der Waals surface area (Å²) in [6, 6.07) is 0. The molecule has 0 radical (unpaired) electrons. The largest absolute Gasteiger partial charge is 0.356 e. The zero-order chi connectivity index (χ0) is 13.1. The molecule has 102 valence electrons. The van der Waals surface area contributed by atoms with E-state index < -0.39 is 0 Å². The first-order valence-corrected chi connectivity index (χ1v) is 6.61. The Morgan fingerprint density at radius 2 is 1.88 bits per heavy atom. The molecule has 0 saturated heterocycles. The van der Waals surface area contributed by atoms with E-state index in [1.165, 1.54) is 0 Å². The number of amides is 1. The standard InChI is InChI=1S/C13H27NO3/c1-5-8-11-17-13(16-4)10-9-12(15)14(6-2)7-3/h13H,5-11H2,1-4H3. The molecule has 1 atom stereocenters. The van der Waals surface area contributed by atoms with Gasteiger partial charge >= 0.3 is 0 Å². The summed E-state index contributed by atoms with van der Waals surface area (Å²) in [5.41, 5.74) is 0.